The molecule has 1 aromatic carbocycles. The van der Waals surface area contributed by atoms with E-state index in [0.717, 1.165) is 37.2 Å². The van der Waals surface area contributed by atoms with Crippen LogP contribution in [0, 0.1) is 6.92 Å². The lowest BCUT2D eigenvalue weighted by Gasteiger charge is -2.39. The minimum absolute atomic E-state index is 0.0680. The van der Waals surface area contributed by atoms with Crippen molar-refractivity contribution in [3.8, 4) is 0 Å². The van der Waals surface area contributed by atoms with Crippen LogP contribution >= 0.6 is 11.8 Å². The van der Waals surface area contributed by atoms with Crippen molar-refractivity contribution in [1.29, 1.82) is 0 Å². The van der Waals surface area contributed by atoms with Crippen LogP contribution in [-0.2, 0) is 14.3 Å². The van der Waals surface area contributed by atoms with E-state index in [-0.39, 0.29) is 23.4 Å². The Morgan fingerprint density at radius 3 is 2.81 bits per heavy atom. The van der Waals surface area contributed by atoms with Crippen LogP contribution in [-0.4, -0.2) is 30.0 Å². The third kappa shape index (κ3) is 4.09. The van der Waals surface area contributed by atoms with Crippen molar-refractivity contribution in [2.24, 2.45) is 0 Å². The van der Waals surface area contributed by atoms with Crippen molar-refractivity contribution in [1.82, 2.24) is 0 Å². The molecule has 0 aromatic heterocycles. The number of rotatable bonds is 3. The molecule has 2 saturated heterocycles. The molecule has 3 rings (SSSR count). The van der Waals surface area contributed by atoms with Gasteiger partial charge in [-0.15, -0.1) is 0 Å². The van der Waals surface area contributed by atoms with Crippen molar-refractivity contribution in [2.75, 3.05) is 6.61 Å². The van der Waals surface area contributed by atoms with Gasteiger partial charge in [-0.2, -0.15) is 0 Å². The Labute approximate surface area is 130 Å². The smallest absolute Gasteiger partial charge is 0.196 e. The van der Waals surface area contributed by atoms with Crippen molar-refractivity contribution < 1.29 is 14.3 Å². The second-order valence-corrected chi connectivity index (χ2v) is 7.05. The molecule has 3 nitrogen and oxygen atoms in total. The molecule has 0 amide bonds. The Kier molecular flexibility index (Phi) is 4.99. The third-order valence-electron chi connectivity index (χ3n) is 4.17. The summed E-state index contributed by atoms with van der Waals surface area (Å²) < 4.78 is 11.8. The molecule has 114 valence electrons. The SMILES string of the molecule is Cc1ccc(SC(=O)C[C@H]2CC[C@@H]3OCCC[C@H]3O2)cc1. The molecule has 21 heavy (non-hydrogen) atoms. The van der Waals surface area contributed by atoms with E-state index in [0.29, 0.717) is 6.42 Å². The molecular weight excluding hydrogens is 284 g/mol. The van der Waals surface area contributed by atoms with Gasteiger partial charge in [-0.1, -0.05) is 29.5 Å². The summed E-state index contributed by atoms with van der Waals surface area (Å²) >= 11 is 1.33. The van der Waals surface area contributed by atoms with E-state index in [9.17, 15) is 4.79 Å². The minimum atomic E-state index is 0.0680. The van der Waals surface area contributed by atoms with Gasteiger partial charge in [0.15, 0.2) is 5.12 Å². The summed E-state index contributed by atoms with van der Waals surface area (Å²) in [5, 5.41) is 0.194. The highest BCUT2D eigenvalue weighted by molar-refractivity contribution is 8.13. The summed E-state index contributed by atoms with van der Waals surface area (Å²) in [4.78, 5) is 13.2. The van der Waals surface area contributed by atoms with Crippen LogP contribution in [0.4, 0.5) is 0 Å². The topological polar surface area (TPSA) is 35.5 Å². The average Bonchev–Trinajstić information content (AvgIpc) is 2.49. The molecule has 1 aromatic rings. The van der Waals surface area contributed by atoms with Crippen LogP contribution in [0.25, 0.3) is 0 Å². The maximum Gasteiger partial charge on any atom is 0.196 e. The summed E-state index contributed by atoms with van der Waals surface area (Å²) in [7, 11) is 0. The average molecular weight is 306 g/mol. The number of hydrogen-bond donors (Lipinski definition) is 0. The Balaban J connectivity index is 1.49. The zero-order valence-corrected chi connectivity index (χ0v) is 13.2. The van der Waals surface area contributed by atoms with E-state index in [2.05, 4.69) is 6.92 Å². The molecule has 2 fully saturated rings. The van der Waals surface area contributed by atoms with Gasteiger partial charge in [0.2, 0.25) is 0 Å². The summed E-state index contributed by atoms with van der Waals surface area (Å²) in [5.74, 6) is 0. The highest BCUT2D eigenvalue weighted by Gasteiger charge is 2.34. The van der Waals surface area contributed by atoms with Crippen molar-refractivity contribution in [3.63, 3.8) is 0 Å². The summed E-state index contributed by atoms with van der Waals surface area (Å²) in [6.45, 7) is 2.91. The lowest BCUT2D eigenvalue weighted by atomic mass is 9.95. The van der Waals surface area contributed by atoms with Gasteiger partial charge in [0.25, 0.3) is 0 Å². The molecule has 2 heterocycles. The minimum Gasteiger partial charge on any atom is -0.376 e. The zero-order valence-electron chi connectivity index (χ0n) is 12.4. The zero-order chi connectivity index (χ0) is 14.7. The molecule has 2 aliphatic heterocycles. The number of carbonyl (C=O) groups is 1. The third-order valence-corrected chi connectivity index (χ3v) is 5.07. The van der Waals surface area contributed by atoms with Gasteiger partial charge >= 0.3 is 0 Å². The number of thioether (sulfide) groups is 1. The van der Waals surface area contributed by atoms with Crippen LogP contribution in [0.3, 0.4) is 0 Å². The number of carbonyl (C=O) groups excluding carboxylic acids is 1. The second kappa shape index (κ2) is 6.95. The Morgan fingerprint density at radius 2 is 2.00 bits per heavy atom. The monoisotopic (exact) mass is 306 g/mol. The number of aryl methyl sites for hydroxylation is 1. The second-order valence-electron chi connectivity index (χ2n) is 5.92. The maximum atomic E-state index is 12.2. The summed E-state index contributed by atoms with van der Waals surface area (Å²) in [6, 6.07) is 8.09. The molecule has 4 heteroatoms. The Morgan fingerprint density at radius 1 is 1.19 bits per heavy atom. The van der Waals surface area contributed by atoms with Crippen molar-refractivity contribution in [2.45, 2.75) is 62.2 Å². The highest BCUT2D eigenvalue weighted by Crippen LogP contribution is 2.31. The Bertz CT molecular complexity index is 485. The van der Waals surface area contributed by atoms with E-state index in [1.165, 1.54) is 17.3 Å². The van der Waals surface area contributed by atoms with E-state index >= 15 is 0 Å². The van der Waals surface area contributed by atoms with Gasteiger partial charge in [0, 0.05) is 17.9 Å². The molecule has 0 aliphatic carbocycles. The first-order valence-corrected chi connectivity index (χ1v) is 8.57. The van der Waals surface area contributed by atoms with Gasteiger partial charge in [0.05, 0.1) is 18.3 Å². The fraction of sp³-hybridized carbons (Fsp3) is 0.588. The molecule has 0 spiro atoms. The van der Waals surface area contributed by atoms with Crippen LogP contribution in [0.1, 0.15) is 37.7 Å². The van der Waals surface area contributed by atoms with Crippen molar-refractivity contribution >= 4 is 16.9 Å². The maximum absolute atomic E-state index is 12.2. The van der Waals surface area contributed by atoms with Gasteiger partial charge in [-0.25, -0.2) is 0 Å². The first-order chi connectivity index (χ1) is 10.2. The van der Waals surface area contributed by atoms with Gasteiger partial charge in [0.1, 0.15) is 0 Å². The fourth-order valence-electron chi connectivity index (χ4n) is 3.02. The molecule has 0 unspecified atom stereocenters. The first-order valence-electron chi connectivity index (χ1n) is 7.75. The lowest BCUT2D eigenvalue weighted by Crippen LogP contribution is -2.43. The molecule has 2 aliphatic rings. The van der Waals surface area contributed by atoms with E-state index < -0.39 is 0 Å². The quantitative estimate of drug-likeness (QED) is 0.797. The Hall–Kier alpha value is -0.840. The molecule has 0 bridgehead atoms. The van der Waals surface area contributed by atoms with Crippen LogP contribution in [0.15, 0.2) is 29.2 Å². The lowest BCUT2D eigenvalue weighted by molar-refractivity contribution is -0.165. The van der Waals surface area contributed by atoms with Gasteiger partial charge < -0.3 is 9.47 Å². The van der Waals surface area contributed by atoms with Gasteiger partial charge in [-0.05, 0) is 44.7 Å². The normalized spacial score (nSPS) is 28.9. The van der Waals surface area contributed by atoms with E-state index in [1.807, 2.05) is 24.3 Å². The fourth-order valence-corrected chi connectivity index (χ4v) is 3.82. The molecular formula is C17H22O3S. The standard InChI is InChI=1S/C17H22O3S/c1-12-4-7-14(8-5-12)21-17(18)11-13-6-9-15-16(20-13)3-2-10-19-15/h4-5,7-8,13,15-16H,2-3,6,9-11H2,1H3/t13-,15+,16-/m1/s1. The largest absolute Gasteiger partial charge is 0.376 e. The van der Waals surface area contributed by atoms with Gasteiger partial charge in [-0.3, -0.25) is 4.79 Å². The first kappa shape index (κ1) is 15.1. The van der Waals surface area contributed by atoms with Crippen LogP contribution in [0.5, 0.6) is 0 Å². The molecule has 0 radical (unpaired) electrons. The van der Waals surface area contributed by atoms with Crippen LogP contribution < -0.4 is 0 Å². The van der Waals surface area contributed by atoms with Crippen LogP contribution in [0.2, 0.25) is 0 Å². The molecule has 0 saturated carbocycles. The van der Waals surface area contributed by atoms with E-state index in [1.54, 1.807) is 0 Å². The molecule has 3 atom stereocenters. The predicted octanol–water partition coefficient (Wildman–Crippen LogP) is 3.73. The number of ether oxygens (including phenoxy) is 2. The highest BCUT2D eigenvalue weighted by atomic mass is 32.2. The van der Waals surface area contributed by atoms with E-state index in [4.69, 9.17) is 9.47 Å². The number of hydrogen-bond acceptors (Lipinski definition) is 4. The molecule has 0 N–H and O–H groups in total. The summed E-state index contributed by atoms with van der Waals surface area (Å²) in [6.07, 6.45) is 5.13. The predicted molar refractivity (Wildman–Crippen MR) is 83.5 cm³/mol. The van der Waals surface area contributed by atoms with Crippen molar-refractivity contribution in [3.05, 3.63) is 29.8 Å². The number of benzene rings is 1. The number of fused-ring (bicyclic) bond motifs is 1. The summed E-state index contributed by atoms with van der Waals surface area (Å²) in [5.41, 5.74) is 1.21.